The summed E-state index contributed by atoms with van der Waals surface area (Å²) in [4.78, 5) is 20.6. The molecule has 2 aromatic rings. The van der Waals surface area contributed by atoms with Gasteiger partial charge in [-0.3, -0.25) is 14.8 Å². The summed E-state index contributed by atoms with van der Waals surface area (Å²) in [6.07, 6.45) is -1.03. The topological polar surface area (TPSA) is 85.3 Å². The number of piperazine rings is 1. The Morgan fingerprint density at radius 1 is 1.36 bits per heavy atom. The van der Waals surface area contributed by atoms with Crippen LogP contribution >= 0.6 is 0 Å². The zero-order valence-electron chi connectivity index (χ0n) is 14.2. The molecule has 1 unspecified atom stereocenters. The quantitative estimate of drug-likeness (QED) is 0.843. The van der Waals surface area contributed by atoms with E-state index in [1.165, 1.54) is 18.2 Å². The second-order valence-electron chi connectivity index (χ2n) is 6.27. The van der Waals surface area contributed by atoms with Gasteiger partial charge in [0.1, 0.15) is 11.6 Å². The highest BCUT2D eigenvalue weighted by molar-refractivity contribution is 5.77. The molecule has 1 atom stereocenters. The van der Waals surface area contributed by atoms with Crippen molar-refractivity contribution in [3.8, 4) is 0 Å². The largest absolute Gasteiger partial charge is 0.388 e. The Labute approximate surface area is 145 Å². The summed E-state index contributed by atoms with van der Waals surface area (Å²) < 4.78 is 13.2. The number of carbonyl (C=O) groups is 1. The fourth-order valence-corrected chi connectivity index (χ4v) is 2.94. The van der Waals surface area contributed by atoms with Gasteiger partial charge in [-0.1, -0.05) is 12.1 Å². The molecule has 134 valence electrons. The summed E-state index contributed by atoms with van der Waals surface area (Å²) in [7, 11) is 0. The molecule has 25 heavy (non-hydrogen) atoms. The minimum Gasteiger partial charge on any atom is -0.388 e. The number of halogens is 1. The average Bonchev–Trinajstić information content (AvgIpc) is 3.00. The molecule has 3 rings (SSSR count). The number of aromatic nitrogens is 3. The number of benzene rings is 1. The van der Waals surface area contributed by atoms with Crippen LogP contribution in [0.2, 0.25) is 0 Å². The van der Waals surface area contributed by atoms with Crippen LogP contribution in [0.1, 0.15) is 29.7 Å². The second kappa shape index (κ2) is 7.71. The van der Waals surface area contributed by atoms with E-state index in [1.54, 1.807) is 11.0 Å². The number of hydrogen-bond acceptors (Lipinski definition) is 5. The summed E-state index contributed by atoms with van der Waals surface area (Å²) in [5.74, 6) is 0.999. The lowest BCUT2D eigenvalue weighted by Crippen LogP contribution is -2.48. The summed E-state index contributed by atoms with van der Waals surface area (Å²) in [6, 6.07) is 5.72. The number of nitrogens with one attached hydrogen (secondary N) is 1. The highest BCUT2D eigenvalue weighted by Crippen LogP contribution is 2.19. The number of rotatable bonds is 5. The molecule has 1 aromatic heterocycles. The Morgan fingerprint density at radius 3 is 2.76 bits per heavy atom. The first kappa shape index (κ1) is 17.5. The molecule has 2 N–H and O–H groups in total. The monoisotopic (exact) mass is 347 g/mol. The Hall–Kier alpha value is -2.32. The maximum absolute atomic E-state index is 13.2. The molecule has 0 saturated carbocycles. The normalized spacial score (nSPS) is 16.8. The highest BCUT2D eigenvalue weighted by atomic mass is 19.1. The van der Waals surface area contributed by atoms with Crippen LogP contribution in [0.15, 0.2) is 24.3 Å². The third-order valence-corrected chi connectivity index (χ3v) is 4.33. The number of aliphatic hydroxyl groups is 1. The molecule has 0 aliphatic carbocycles. The van der Waals surface area contributed by atoms with Crippen molar-refractivity contribution in [3.63, 3.8) is 0 Å². The van der Waals surface area contributed by atoms with Gasteiger partial charge < -0.3 is 10.0 Å². The van der Waals surface area contributed by atoms with Gasteiger partial charge in [0.25, 0.3) is 0 Å². The smallest absolute Gasteiger partial charge is 0.225 e. The number of carbonyl (C=O) groups excluding carboxylic acids is 1. The van der Waals surface area contributed by atoms with Crippen molar-refractivity contribution >= 4 is 5.91 Å². The molecule has 7 nitrogen and oxygen atoms in total. The first-order valence-electron chi connectivity index (χ1n) is 8.33. The van der Waals surface area contributed by atoms with Crippen LogP contribution in [0.3, 0.4) is 0 Å². The molecule has 1 amide bonds. The first-order valence-corrected chi connectivity index (χ1v) is 8.33. The van der Waals surface area contributed by atoms with Crippen molar-refractivity contribution in [2.45, 2.75) is 26.0 Å². The minimum atomic E-state index is -0.988. The van der Waals surface area contributed by atoms with Crippen LogP contribution in [0.25, 0.3) is 0 Å². The van der Waals surface area contributed by atoms with E-state index in [9.17, 15) is 14.3 Å². The second-order valence-corrected chi connectivity index (χ2v) is 6.27. The van der Waals surface area contributed by atoms with Crippen molar-refractivity contribution in [2.24, 2.45) is 0 Å². The van der Waals surface area contributed by atoms with Gasteiger partial charge in [-0.2, -0.15) is 5.10 Å². The minimum absolute atomic E-state index is 0.0381. The molecule has 1 aromatic carbocycles. The molecule has 2 heterocycles. The predicted octanol–water partition coefficient (Wildman–Crippen LogP) is 1.02. The third kappa shape index (κ3) is 4.61. The Balaban J connectivity index is 1.48. The van der Waals surface area contributed by atoms with Crippen molar-refractivity contribution < 1.29 is 14.3 Å². The number of nitrogens with zero attached hydrogens (tertiary/aromatic N) is 4. The lowest BCUT2D eigenvalue weighted by Gasteiger charge is -2.34. The van der Waals surface area contributed by atoms with Crippen LogP contribution in [-0.4, -0.2) is 62.2 Å². The number of hydrogen-bond donors (Lipinski definition) is 2. The Morgan fingerprint density at radius 2 is 2.12 bits per heavy atom. The van der Waals surface area contributed by atoms with Crippen LogP contribution in [0.4, 0.5) is 4.39 Å². The van der Waals surface area contributed by atoms with Gasteiger partial charge in [-0.15, -0.1) is 0 Å². The van der Waals surface area contributed by atoms with Crippen LogP contribution in [0, 0.1) is 12.7 Å². The molecular formula is C17H22FN5O2. The molecule has 1 aliphatic heterocycles. The van der Waals surface area contributed by atoms with E-state index in [4.69, 9.17) is 0 Å². The number of H-pyrrole nitrogens is 1. The molecule has 8 heteroatoms. The number of aliphatic hydroxyl groups excluding tert-OH is 1. The SMILES string of the molecule is Cc1nc(CN2CCN(C(=O)CC(O)c3cccc(F)c3)CC2)n[nH]1. The zero-order chi connectivity index (χ0) is 17.8. The standard InChI is InChI=1S/C17H22FN5O2/c1-12-19-16(21-20-12)11-22-5-7-23(8-6-22)17(25)10-15(24)13-3-2-4-14(18)9-13/h2-4,9,15,24H,5-8,10-11H2,1H3,(H,19,20,21). The fraction of sp³-hybridized carbons (Fsp3) is 0.471. The molecule has 0 spiro atoms. The van der Waals surface area contributed by atoms with E-state index in [2.05, 4.69) is 20.1 Å². The molecule has 0 radical (unpaired) electrons. The molecule has 1 fully saturated rings. The summed E-state index contributed by atoms with van der Waals surface area (Å²) >= 11 is 0. The predicted molar refractivity (Wildman–Crippen MR) is 89.0 cm³/mol. The van der Waals surface area contributed by atoms with Gasteiger partial charge in [0, 0.05) is 26.2 Å². The van der Waals surface area contributed by atoms with E-state index < -0.39 is 11.9 Å². The maximum Gasteiger partial charge on any atom is 0.225 e. The third-order valence-electron chi connectivity index (χ3n) is 4.33. The highest BCUT2D eigenvalue weighted by Gasteiger charge is 2.24. The van der Waals surface area contributed by atoms with Crippen molar-refractivity contribution in [1.29, 1.82) is 0 Å². The number of aromatic amines is 1. The molecule has 0 bridgehead atoms. The number of amides is 1. The van der Waals surface area contributed by atoms with Crippen LogP contribution < -0.4 is 0 Å². The lowest BCUT2D eigenvalue weighted by molar-refractivity contribution is -0.135. The first-order chi connectivity index (χ1) is 12.0. The Bertz CT molecular complexity index is 727. The van der Waals surface area contributed by atoms with Crippen molar-refractivity contribution in [2.75, 3.05) is 26.2 Å². The van der Waals surface area contributed by atoms with Crippen LogP contribution in [0.5, 0.6) is 0 Å². The van der Waals surface area contributed by atoms with E-state index in [0.29, 0.717) is 25.2 Å². The van der Waals surface area contributed by atoms with Gasteiger partial charge in [0.05, 0.1) is 19.1 Å². The molecule has 1 saturated heterocycles. The summed E-state index contributed by atoms with van der Waals surface area (Å²) in [6.45, 7) is 5.16. The van der Waals surface area contributed by atoms with Gasteiger partial charge in [0.2, 0.25) is 5.91 Å². The van der Waals surface area contributed by atoms with Crippen molar-refractivity contribution in [3.05, 3.63) is 47.3 Å². The number of aryl methyl sites for hydroxylation is 1. The van der Waals surface area contributed by atoms with Crippen molar-refractivity contribution in [1.82, 2.24) is 25.0 Å². The Kier molecular flexibility index (Phi) is 5.40. The van der Waals surface area contributed by atoms with E-state index in [-0.39, 0.29) is 12.3 Å². The molecule has 1 aliphatic rings. The van der Waals surface area contributed by atoms with Gasteiger partial charge >= 0.3 is 0 Å². The average molecular weight is 347 g/mol. The lowest BCUT2D eigenvalue weighted by atomic mass is 10.1. The molecular weight excluding hydrogens is 325 g/mol. The van der Waals surface area contributed by atoms with Gasteiger partial charge in [0.15, 0.2) is 5.82 Å². The van der Waals surface area contributed by atoms with E-state index in [1.807, 2.05) is 6.92 Å². The fourth-order valence-electron chi connectivity index (χ4n) is 2.94. The van der Waals surface area contributed by atoms with E-state index in [0.717, 1.165) is 24.7 Å². The van der Waals surface area contributed by atoms with Gasteiger partial charge in [-0.25, -0.2) is 9.37 Å². The van der Waals surface area contributed by atoms with Crippen LogP contribution in [-0.2, 0) is 11.3 Å². The summed E-state index contributed by atoms with van der Waals surface area (Å²) in [5.41, 5.74) is 0.423. The van der Waals surface area contributed by atoms with E-state index >= 15 is 0 Å². The zero-order valence-corrected chi connectivity index (χ0v) is 14.2. The maximum atomic E-state index is 13.2. The summed E-state index contributed by atoms with van der Waals surface area (Å²) in [5, 5.41) is 17.1. The van der Waals surface area contributed by atoms with Gasteiger partial charge in [-0.05, 0) is 24.6 Å².